The molecule has 4 fully saturated rings. The summed E-state index contributed by atoms with van der Waals surface area (Å²) < 4.78 is 11.3. The number of hydrogen-bond acceptors (Lipinski definition) is 3. The lowest BCUT2D eigenvalue weighted by molar-refractivity contribution is -0.136. The number of carbonyl (C=O) groups excluding carboxylic acids is 1. The zero-order valence-electron chi connectivity index (χ0n) is 20.0. The Kier molecular flexibility index (Phi) is 6.32. The van der Waals surface area contributed by atoms with E-state index in [2.05, 4.69) is 18.2 Å². The number of methoxy groups -OCH3 is 1. The Hall–Kier alpha value is -2.55. The summed E-state index contributed by atoms with van der Waals surface area (Å²) in [6, 6.07) is 16.7. The van der Waals surface area contributed by atoms with Crippen LogP contribution in [0.15, 0.2) is 54.6 Å². The molecule has 0 radical (unpaired) electrons. The predicted molar refractivity (Wildman–Crippen MR) is 132 cm³/mol. The third-order valence-corrected chi connectivity index (χ3v) is 8.24. The van der Waals surface area contributed by atoms with E-state index in [0.29, 0.717) is 17.6 Å². The van der Waals surface area contributed by atoms with Crippen LogP contribution in [0, 0.1) is 17.8 Å². The van der Waals surface area contributed by atoms with E-state index >= 15 is 0 Å². The number of hydrogen-bond donors (Lipinski definition) is 0. The zero-order chi connectivity index (χ0) is 22.8. The van der Waals surface area contributed by atoms with Gasteiger partial charge in [0.25, 0.3) is 0 Å². The summed E-state index contributed by atoms with van der Waals surface area (Å²) in [6.45, 7) is 2.23. The number of carbonyl (C=O) groups is 1. The second kappa shape index (κ2) is 9.37. The molecule has 174 valence electrons. The maximum Gasteiger partial charge on any atom is 0.338 e. The predicted octanol–water partition coefficient (Wildman–Crippen LogP) is 6.74. The van der Waals surface area contributed by atoms with Crippen molar-refractivity contribution >= 4 is 11.5 Å². The molecule has 2 aromatic rings. The van der Waals surface area contributed by atoms with Crippen molar-refractivity contribution in [3.05, 3.63) is 71.3 Å². The lowest BCUT2D eigenvalue weighted by Gasteiger charge is -2.57. The molecule has 3 heteroatoms. The van der Waals surface area contributed by atoms with Gasteiger partial charge in [0.05, 0.1) is 19.3 Å². The van der Waals surface area contributed by atoms with E-state index in [0.717, 1.165) is 41.9 Å². The van der Waals surface area contributed by atoms with Gasteiger partial charge >= 0.3 is 5.97 Å². The average Bonchev–Trinajstić information content (AvgIpc) is 2.81. The van der Waals surface area contributed by atoms with Crippen molar-refractivity contribution in [3.8, 4) is 5.75 Å². The van der Waals surface area contributed by atoms with Gasteiger partial charge in [-0.2, -0.15) is 0 Å². The highest BCUT2D eigenvalue weighted by molar-refractivity contribution is 6.16. The summed E-state index contributed by atoms with van der Waals surface area (Å²) in [5.74, 6) is 3.57. The molecule has 0 amide bonds. The number of esters is 1. The quantitative estimate of drug-likeness (QED) is 0.334. The van der Waals surface area contributed by atoms with Crippen LogP contribution in [-0.4, -0.2) is 19.7 Å². The van der Waals surface area contributed by atoms with Crippen molar-refractivity contribution in [1.82, 2.24) is 0 Å². The van der Waals surface area contributed by atoms with Crippen molar-refractivity contribution in [2.75, 3.05) is 13.7 Å². The van der Waals surface area contributed by atoms with Crippen LogP contribution in [0.3, 0.4) is 0 Å². The topological polar surface area (TPSA) is 35.5 Å². The highest BCUT2D eigenvalue weighted by Gasteiger charge is 2.52. The third-order valence-electron chi connectivity index (χ3n) is 8.24. The van der Waals surface area contributed by atoms with Gasteiger partial charge in [-0.3, -0.25) is 0 Å². The van der Waals surface area contributed by atoms with Gasteiger partial charge in [-0.15, -0.1) is 0 Å². The Morgan fingerprint density at radius 2 is 1.67 bits per heavy atom. The lowest BCUT2D eigenvalue weighted by atomic mass is 9.48. The second-order valence-corrected chi connectivity index (χ2v) is 10.5. The molecule has 0 aliphatic heterocycles. The first-order valence-corrected chi connectivity index (χ1v) is 12.7. The fourth-order valence-electron chi connectivity index (χ4n) is 7.30. The molecule has 0 aromatic heterocycles. The van der Waals surface area contributed by atoms with Crippen LogP contribution in [-0.2, 0) is 21.4 Å². The second-order valence-electron chi connectivity index (χ2n) is 10.5. The Balaban J connectivity index is 1.34. The summed E-state index contributed by atoms with van der Waals surface area (Å²) in [4.78, 5) is 12.5. The van der Waals surface area contributed by atoms with Crippen LogP contribution in [0.4, 0.5) is 0 Å². The largest absolute Gasteiger partial charge is 0.496 e. The molecule has 4 aliphatic rings. The number of allylic oxidation sites excluding steroid dienone is 1. The summed E-state index contributed by atoms with van der Waals surface area (Å²) in [6.07, 6.45) is 12.1. The Morgan fingerprint density at radius 3 is 2.27 bits per heavy atom. The van der Waals surface area contributed by atoms with Crippen LogP contribution in [0.25, 0.3) is 5.57 Å². The summed E-state index contributed by atoms with van der Waals surface area (Å²) >= 11 is 0. The molecule has 2 aromatic carbocycles. The molecule has 6 rings (SSSR count). The molecule has 4 saturated carbocycles. The molecular weight excluding hydrogens is 408 g/mol. The van der Waals surface area contributed by atoms with Crippen molar-refractivity contribution in [2.45, 2.75) is 63.7 Å². The van der Waals surface area contributed by atoms with Gasteiger partial charge in [0.2, 0.25) is 0 Å². The molecule has 0 spiro atoms. The van der Waals surface area contributed by atoms with E-state index in [1.54, 1.807) is 0 Å². The van der Waals surface area contributed by atoms with E-state index in [1.165, 1.54) is 49.7 Å². The van der Waals surface area contributed by atoms with Crippen LogP contribution in [0.5, 0.6) is 5.75 Å². The molecule has 4 aliphatic carbocycles. The summed E-state index contributed by atoms with van der Waals surface area (Å²) in [5.41, 5.74) is 4.59. The highest BCUT2D eigenvalue weighted by Crippen LogP contribution is 2.61. The normalized spacial score (nSPS) is 28.1. The van der Waals surface area contributed by atoms with E-state index in [-0.39, 0.29) is 5.97 Å². The molecule has 0 saturated heterocycles. The maximum absolute atomic E-state index is 12.5. The first kappa shape index (κ1) is 22.3. The van der Waals surface area contributed by atoms with Crippen molar-refractivity contribution < 1.29 is 14.3 Å². The first-order valence-electron chi connectivity index (χ1n) is 12.7. The van der Waals surface area contributed by atoms with E-state index in [9.17, 15) is 4.79 Å². The molecule has 0 unspecified atom stereocenters. The van der Waals surface area contributed by atoms with Crippen LogP contribution in [0.1, 0.15) is 68.6 Å². The van der Waals surface area contributed by atoms with Gasteiger partial charge in [-0.25, -0.2) is 4.79 Å². The minimum Gasteiger partial charge on any atom is -0.496 e. The first-order chi connectivity index (χ1) is 16.1. The smallest absolute Gasteiger partial charge is 0.338 e. The molecule has 0 heterocycles. The maximum atomic E-state index is 12.5. The van der Waals surface area contributed by atoms with E-state index in [4.69, 9.17) is 9.47 Å². The number of aryl methyl sites for hydroxylation is 1. The van der Waals surface area contributed by atoms with E-state index in [1.807, 2.05) is 50.4 Å². The fourth-order valence-corrected chi connectivity index (χ4v) is 7.30. The average molecular weight is 445 g/mol. The standard InChI is InChI=1S/C30H36O3/c1-3-33-29(31)26(25-9-5-4-6-10-25)11-7-8-21-12-13-27(28(17-21)32-2)30-18-22-14-23(19-30)16-24(15-22)20-30/h4-6,9-13,17,22-24H,3,7-8,14-16,18-20H2,1-2H3. The van der Waals surface area contributed by atoms with Gasteiger partial charge in [-0.1, -0.05) is 48.5 Å². The number of benzene rings is 2. The molecule has 3 nitrogen and oxygen atoms in total. The lowest BCUT2D eigenvalue weighted by Crippen LogP contribution is -2.48. The Labute approximate surface area is 198 Å². The SMILES string of the molecule is CCOC(=O)C(=CCCc1ccc(C23CC4CC(CC(C4)C2)C3)c(OC)c1)c1ccccc1. The fraction of sp³-hybridized carbons (Fsp3) is 0.500. The Bertz CT molecular complexity index is 985. The van der Waals surface area contributed by atoms with Crippen molar-refractivity contribution in [3.63, 3.8) is 0 Å². The van der Waals surface area contributed by atoms with Gasteiger partial charge in [0, 0.05) is 5.56 Å². The molecule has 0 atom stereocenters. The van der Waals surface area contributed by atoms with Gasteiger partial charge in [-0.05, 0) is 98.7 Å². The minimum absolute atomic E-state index is 0.251. The highest BCUT2D eigenvalue weighted by atomic mass is 16.5. The monoisotopic (exact) mass is 444 g/mol. The van der Waals surface area contributed by atoms with Gasteiger partial charge in [0.1, 0.15) is 5.75 Å². The van der Waals surface area contributed by atoms with Crippen molar-refractivity contribution in [2.24, 2.45) is 17.8 Å². The van der Waals surface area contributed by atoms with Crippen LogP contribution < -0.4 is 4.74 Å². The number of ether oxygens (including phenoxy) is 2. The van der Waals surface area contributed by atoms with Gasteiger partial charge < -0.3 is 9.47 Å². The molecule has 4 bridgehead atoms. The molecular formula is C30H36O3. The molecule has 0 N–H and O–H groups in total. The van der Waals surface area contributed by atoms with Gasteiger partial charge in [0.15, 0.2) is 0 Å². The minimum atomic E-state index is -0.251. The van der Waals surface area contributed by atoms with Crippen LogP contribution in [0.2, 0.25) is 0 Å². The third kappa shape index (κ3) is 4.47. The Morgan fingerprint density at radius 1 is 1.00 bits per heavy atom. The van der Waals surface area contributed by atoms with E-state index < -0.39 is 0 Å². The molecule has 33 heavy (non-hydrogen) atoms. The number of rotatable bonds is 8. The summed E-state index contributed by atoms with van der Waals surface area (Å²) in [5, 5.41) is 0. The zero-order valence-corrected chi connectivity index (χ0v) is 20.0. The van der Waals surface area contributed by atoms with Crippen LogP contribution >= 0.6 is 0 Å². The summed E-state index contributed by atoms with van der Waals surface area (Å²) in [7, 11) is 1.82. The van der Waals surface area contributed by atoms with Crippen molar-refractivity contribution in [1.29, 1.82) is 0 Å².